The van der Waals surface area contributed by atoms with E-state index in [1.165, 1.54) is 17.2 Å². The molecule has 3 N–H and O–H groups in total. The van der Waals surface area contributed by atoms with Gasteiger partial charge in [-0.25, -0.2) is 10.4 Å². The number of anilines is 2. The molecule has 0 saturated carbocycles. The first-order valence-corrected chi connectivity index (χ1v) is 11.2. The lowest BCUT2D eigenvalue weighted by atomic mass is 10.1. The summed E-state index contributed by atoms with van der Waals surface area (Å²) in [5.74, 6) is 1.33. The molecule has 8 nitrogen and oxygen atoms in total. The van der Waals surface area contributed by atoms with Gasteiger partial charge in [-0.3, -0.25) is 5.01 Å². The van der Waals surface area contributed by atoms with E-state index in [1.54, 1.807) is 6.08 Å². The Balaban J connectivity index is 1.48. The van der Waals surface area contributed by atoms with Gasteiger partial charge in [-0.1, -0.05) is 35.9 Å². The van der Waals surface area contributed by atoms with E-state index in [2.05, 4.69) is 47.6 Å². The van der Waals surface area contributed by atoms with Crippen LogP contribution in [-0.2, 0) is 4.74 Å². The summed E-state index contributed by atoms with van der Waals surface area (Å²) in [5, 5.41) is 20.6. The van der Waals surface area contributed by atoms with E-state index in [-0.39, 0.29) is 12.6 Å². The maximum atomic E-state index is 9.64. The van der Waals surface area contributed by atoms with Crippen LogP contribution in [0.3, 0.4) is 0 Å². The Morgan fingerprint density at radius 1 is 1.24 bits per heavy atom. The van der Waals surface area contributed by atoms with Crippen molar-refractivity contribution in [2.75, 3.05) is 42.8 Å². The van der Waals surface area contributed by atoms with Crippen LogP contribution in [0.4, 0.5) is 11.5 Å². The van der Waals surface area contributed by atoms with E-state index in [0.29, 0.717) is 24.6 Å². The smallest absolute Gasteiger partial charge is 0.176 e. The highest BCUT2D eigenvalue weighted by Gasteiger charge is 2.24. The standard InChI is InChI=1S/C25H28N4O4/c1-17-3-2-4-18(13-17)21-7-8-29(27-21)24-15-23(28-9-11-32-12-10-28)25-22(26-24)14-20(33-25)6-5-19(31)16-30/h2-8,13-15,19,21,27,30-31H,9-12,16H2,1H3/b6-5+. The van der Waals surface area contributed by atoms with Crippen LogP contribution in [0.2, 0.25) is 0 Å². The number of nitrogens with one attached hydrogen (secondary N) is 1. The summed E-state index contributed by atoms with van der Waals surface area (Å²) < 4.78 is 11.6. The normalized spacial score (nSPS) is 19.8. The second kappa shape index (κ2) is 9.36. The number of aromatic nitrogens is 1. The lowest BCUT2D eigenvalue weighted by Crippen LogP contribution is -2.37. The number of aryl methyl sites for hydroxylation is 1. The van der Waals surface area contributed by atoms with Gasteiger partial charge in [0.25, 0.3) is 0 Å². The van der Waals surface area contributed by atoms with Crippen molar-refractivity contribution in [2.45, 2.75) is 19.1 Å². The number of aliphatic hydroxyl groups excluding tert-OH is 2. The Hall–Kier alpha value is -3.17. The predicted octanol–water partition coefficient (Wildman–Crippen LogP) is 2.92. The molecule has 33 heavy (non-hydrogen) atoms. The number of hydrogen-bond donors (Lipinski definition) is 3. The quantitative estimate of drug-likeness (QED) is 0.530. The average molecular weight is 449 g/mol. The summed E-state index contributed by atoms with van der Waals surface area (Å²) in [7, 11) is 0. The molecule has 1 fully saturated rings. The summed E-state index contributed by atoms with van der Waals surface area (Å²) in [5.41, 5.74) is 8.30. The number of fused-ring (bicyclic) bond motifs is 1. The molecule has 1 saturated heterocycles. The maximum absolute atomic E-state index is 9.64. The van der Waals surface area contributed by atoms with Crippen LogP contribution in [0.15, 0.2) is 59.2 Å². The van der Waals surface area contributed by atoms with E-state index in [1.807, 2.05) is 23.3 Å². The third-order valence-electron chi connectivity index (χ3n) is 5.84. The fourth-order valence-electron chi connectivity index (χ4n) is 4.12. The molecule has 5 rings (SSSR count). The van der Waals surface area contributed by atoms with Gasteiger partial charge in [0.15, 0.2) is 5.58 Å². The monoisotopic (exact) mass is 448 g/mol. The topological polar surface area (TPSA) is 94.2 Å². The van der Waals surface area contributed by atoms with Crippen molar-refractivity contribution >= 4 is 28.7 Å². The molecule has 2 aliphatic rings. The Morgan fingerprint density at radius 2 is 2.09 bits per heavy atom. The Bertz CT molecular complexity index is 1180. The second-order valence-corrected chi connectivity index (χ2v) is 8.30. The molecule has 2 aliphatic heterocycles. The highest BCUT2D eigenvalue weighted by Crippen LogP contribution is 2.34. The molecule has 0 bridgehead atoms. The lowest BCUT2D eigenvalue weighted by molar-refractivity contribution is 0.122. The number of nitrogens with zero attached hydrogens (tertiary/aromatic N) is 3. The van der Waals surface area contributed by atoms with Gasteiger partial charge in [0.2, 0.25) is 0 Å². The van der Waals surface area contributed by atoms with Gasteiger partial charge >= 0.3 is 0 Å². The fourth-order valence-corrected chi connectivity index (χ4v) is 4.12. The van der Waals surface area contributed by atoms with Gasteiger partial charge in [0, 0.05) is 31.4 Å². The number of morpholine rings is 1. The van der Waals surface area contributed by atoms with Gasteiger partial charge in [-0.2, -0.15) is 0 Å². The Labute approximate surface area is 192 Å². The molecular weight excluding hydrogens is 420 g/mol. The molecule has 8 heteroatoms. The molecule has 2 aromatic heterocycles. The van der Waals surface area contributed by atoms with Gasteiger partial charge in [-0.05, 0) is 24.6 Å². The molecule has 2 atom stereocenters. The zero-order valence-electron chi connectivity index (χ0n) is 18.5. The molecule has 0 aliphatic carbocycles. The van der Waals surface area contributed by atoms with Crippen molar-refractivity contribution in [2.24, 2.45) is 0 Å². The second-order valence-electron chi connectivity index (χ2n) is 8.30. The van der Waals surface area contributed by atoms with Crippen LogP contribution in [0.5, 0.6) is 0 Å². The number of pyridine rings is 1. The molecular formula is C25H28N4O4. The van der Waals surface area contributed by atoms with Crippen molar-refractivity contribution in [3.8, 4) is 0 Å². The number of hydrazine groups is 1. The molecule has 1 aromatic carbocycles. The van der Waals surface area contributed by atoms with E-state index in [0.717, 1.165) is 30.1 Å². The van der Waals surface area contributed by atoms with Crippen molar-refractivity contribution in [3.05, 3.63) is 71.6 Å². The van der Waals surface area contributed by atoms with Gasteiger partial charge in [-0.15, -0.1) is 0 Å². The summed E-state index contributed by atoms with van der Waals surface area (Å²) >= 11 is 0. The Kier molecular flexibility index (Phi) is 6.15. The summed E-state index contributed by atoms with van der Waals surface area (Å²) in [6, 6.07) is 12.4. The van der Waals surface area contributed by atoms with Crippen LogP contribution in [0.25, 0.3) is 17.2 Å². The molecule has 0 spiro atoms. The van der Waals surface area contributed by atoms with Crippen LogP contribution in [0, 0.1) is 6.92 Å². The maximum Gasteiger partial charge on any atom is 0.176 e. The minimum absolute atomic E-state index is 0.0667. The number of rotatable bonds is 6. The fraction of sp³-hybridized carbons (Fsp3) is 0.320. The van der Waals surface area contributed by atoms with Crippen LogP contribution in [-0.4, -0.2) is 54.2 Å². The molecule has 0 radical (unpaired) electrons. The highest BCUT2D eigenvalue weighted by molar-refractivity contribution is 5.90. The first-order valence-electron chi connectivity index (χ1n) is 11.2. The molecule has 3 aromatic rings. The molecule has 172 valence electrons. The zero-order valence-corrected chi connectivity index (χ0v) is 18.5. The van der Waals surface area contributed by atoms with E-state index in [9.17, 15) is 5.11 Å². The summed E-state index contributed by atoms with van der Waals surface area (Å²) in [4.78, 5) is 7.09. The third-order valence-corrected chi connectivity index (χ3v) is 5.84. The van der Waals surface area contributed by atoms with Crippen molar-refractivity contribution in [1.29, 1.82) is 0 Å². The van der Waals surface area contributed by atoms with Gasteiger partial charge < -0.3 is 24.3 Å². The number of furan rings is 1. The number of aliphatic hydroxyl groups is 2. The predicted molar refractivity (Wildman–Crippen MR) is 128 cm³/mol. The van der Waals surface area contributed by atoms with Crippen LogP contribution >= 0.6 is 0 Å². The van der Waals surface area contributed by atoms with Crippen molar-refractivity contribution in [3.63, 3.8) is 0 Å². The minimum atomic E-state index is -0.932. The first kappa shape index (κ1) is 21.7. The van der Waals surface area contributed by atoms with Crippen LogP contribution in [0.1, 0.15) is 22.9 Å². The average Bonchev–Trinajstić information content (AvgIpc) is 3.50. The SMILES string of the molecule is Cc1cccc(C2C=CN(c3cc(N4CCOCC4)c4oc(/C=C/C(O)CO)cc4n3)N2)c1. The summed E-state index contributed by atoms with van der Waals surface area (Å²) in [6.07, 6.45) is 6.35. The van der Waals surface area contributed by atoms with E-state index >= 15 is 0 Å². The number of ether oxygens (including phenoxy) is 1. The first-order chi connectivity index (χ1) is 16.1. The van der Waals surface area contributed by atoms with Crippen molar-refractivity contribution < 1.29 is 19.4 Å². The molecule has 4 heterocycles. The van der Waals surface area contributed by atoms with E-state index < -0.39 is 6.10 Å². The largest absolute Gasteiger partial charge is 0.453 e. The highest BCUT2D eigenvalue weighted by atomic mass is 16.5. The minimum Gasteiger partial charge on any atom is -0.453 e. The number of benzene rings is 1. The van der Waals surface area contributed by atoms with Crippen molar-refractivity contribution in [1.82, 2.24) is 10.4 Å². The van der Waals surface area contributed by atoms with Gasteiger partial charge in [0.05, 0.1) is 37.7 Å². The molecule has 0 amide bonds. The molecule has 2 unspecified atom stereocenters. The Morgan fingerprint density at radius 3 is 2.88 bits per heavy atom. The lowest BCUT2D eigenvalue weighted by Gasteiger charge is -2.29. The van der Waals surface area contributed by atoms with Crippen LogP contribution < -0.4 is 15.3 Å². The number of hydrogen-bond acceptors (Lipinski definition) is 8. The summed E-state index contributed by atoms with van der Waals surface area (Å²) in [6.45, 7) is 4.60. The van der Waals surface area contributed by atoms with E-state index in [4.69, 9.17) is 19.2 Å². The third kappa shape index (κ3) is 4.65. The van der Waals surface area contributed by atoms with Gasteiger partial charge in [0.1, 0.15) is 17.1 Å². The zero-order chi connectivity index (χ0) is 22.8.